The summed E-state index contributed by atoms with van der Waals surface area (Å²) in [6, 6.07) is 2.47. The van der Waals surface area contributed by atoms with Gasteiger partial charge in [-0.25, -0.2) is 4.39 Å². The molecule has 0 bridgehead atoms. The molecule has 0 radical (unpaired) electrons. The Morgan fingerprint density at radius 3 is 2.58 bits per heavy atom. The number of carbonyl (C=O) groups is 1. The van der Waals surface area contributed by atoms with Crippen molar-refractivity contribution >= 4 is 21.7 Å². The SMILES string of the molecule is CC(=O)c1c(F)ccc(Br)c1O. The van der Waals surface area contributed by atoms with E-state index >= 15 is 0 Å². The van der Waals surface area contributed by atoms with E-state index in [9.17, 15) is 14.3 Å². The molecule has 0 aliphatic rings. The molecule has 1 aromatic rings. The molecule has 0 aromatic heterocycles. The van der Waals surface area contributed by atoms with Gasteiger partial charge in [0.25, 0.3) is 0 Å². The van der Waals surface area contributed by atoms with Crippen molar-refractivity contribution in [3.63, 3.8) is 0 Å². The summed E-state index contributed by atoms with van der Waals surface area (Å²) in [6.45, 7) is 1.20. The molecule has 0 fully saturated rings. The molecule has 1 aromatic carbocycles. The van der Waals surface area contributed by atoms with Gasteiger partial charge in [0.15, 0.2) is 5.78 Å². The number of aromatic hydroxyl groups is 1. The number of phenolic OH excluding ortho intramolecular Hbond substituents is 1. The second kappa shape index (κ2) is 3.23. The largest absolute Gasteiger partial charge is 0.506 e. The van der Waals surface area contributed by atoms with Crippen molar-refractivity contribution in [2.75, 3.05) is 0 Å². The Morgan fingerprint density at radius 2 is 2.17 bits per heavy atom. The van der Waals surface area contributed by atoms with Crippen LogP contribution >= 0.6 is 15.9 Å². The molecule has 0 saturated carbocycles. The average molecular weight is 233 g/mol. The van der Waals surface area contributed by atoms with Crippen molar-refractivity contribution in [1.29, 1.82) is 0 Å². The maximum atomic E-state index is 12.9. The third-order valence-electron chi connectivity index (χ3n) is 1.43. The number of ketones is 1. The molecule has 1 N–H and O–H groups in total. The summed E-state index contributed by atoms with van der Waals surface area (Å²) in [7, 11) is 0. The van der Waals surface area contributed by atoms with Crippen LogP contribution in [0.3, 0.4) is 0 Å². The minimum atomic E-state index is -0.705. The lowest BCUT2D eigenvalue weighted by Crippen LogP contribution is -1.97. The fourth-order valence-corrected chi connectivity index (χ4v) is 1.21. The Morgan fingerprint density at radius 1 is 1.58 bits per heavy atom. The highest BCUT2D eigenvalue weighted by Crippen LogP contribution is 2.29. The van der Waals surface area contributed by atoms with Gasteiger partial charge in [0.05, 0.1) is 10.0 Å². The van der Waals surface area contributed by atoms with Crippen molar-refractivity contribution in [3.05, 3.63) is 28.0 Å². The molecule has 0 saturated heterocycles. The lowest BCUT2D eigenvalue weighted by atomic mass is 10.1. The lowest BCUT2D eigenvalue weighted by Gasteiger charge is -2.03. The predicted octanol–water partition coefficient (Wildman–Crippen LogP) is 2.50. The maximum Gasteiger partial charge on any atom is 0.166 e. The summed E-state index contributed by atoms with van der Waals surface area (Å²) in [5, 5.41) is 9.24. The molecule has 0 unspecified atom stereocenters. The summed E-state index contributed by atoms with van der Waals surface area (Å²) < 4.78 is 13.2. The summed E-state index contributed by atoms with van der Waals surface area (Å²) in [5.74, 6) is -1.54. The average Bonchev–Trinajstić information content (AvgIpc) is 1.97. The van der Waals surface area contributed by atoms with Crippen LogP contribution in [0.25, 0.3) is 0 Å². The zero-order valence-corrected chi connectivity index (χ0v) is 7.85. The van der Waals surface area contributed by atoms with E-state index in [4.69, 9.17) is 0 Å². The number of Topliss-reactive ketones (excluding diaryl/α,β-unsaturated/α-hetero) is 1. The van der Waals surface area contributed by atoms with Crippen molar-refractivity contribution in [2.45, 2.75) is 6.92 Å². The van der Waals surface area contributed by atoms with Crippen LogP contribution in [0.2, 0.25) is 0 Å². The zero-order valence-electron chi connectivity index (χ0n) is 6.27. The summed E-state index contributed by atoms with van der Waals surface area (Å²) in [6.07, 6.45) is 0. The lowest BCUT2D eigenvalue weighted by molar-refractivity contribution is 0.101. The number of carbonyl (C=O) groups excluding carboxylic acids is 1. The first-order valence-corrected chi connectivity index (χ1v) is 4.01. The highest BCUT2D eigenvalue weighted by molar-refractivity contribution is 9.10. The summed E-state index contributed by atoms with van der Waals surface area (Å²) in [5.41, 5.74) is -0.274. The van der Waals surface area contributed by atoms with Gasteiger partial charge in [0, 0.05) is 0 Å². The van der Waals surface area contributed by atoms with E-state index < -0.39 is 11.6 Å². The van der Waals surface area contributed by atoms with Gasteiger partial charge in [-0.3, -0.25) is 4.79 Å². The Hall–Kier alpha value is -0.900. The molecular formula is C8H6BrFO2. The predicted molar refractivity (Wildman–Crippen MR) is 45.8 cm³/mol. The van der Waals surface area contributed by atoms with Gasteiger partial charge < -0.3 is 5.11 Å². The minimum Gasteiger partial charge on any atom is -0.506 e. The molecule has 2 nitrogen and oxygen atoms in total. The normalized spacial score (nSPS) is 9.92. The van der Waals surface area contributed by atoms with Gasteiger partial charge in [-0.15, -0.1) is 0 Å². The molecule has 4 heteroatoms. The highest BCUT2D eigenvalue weighted by Gasteiger charge is 2.14. The Kier molecular flexibility index (Phi) is 2.47. The van der Waals surface area contributed by atoms with Crippen molar-refractivity contribution in [1.82, 2.24) is 0 Å². The molecule has 0 spiro atoms. The quantitative estimate of drug-likeness (QED) is 0.756. The first-order valence-electron chi connectivity index (χ1n) is 3.22. The molecular weight excluding hydrogens is 227 g/mol. The Bertz CT molecular complexity index is 336. The van der Waals surface area contributed by atoms with Crippen LogP contribution in [0.1, 0.15) is 17.3 Å². The van der Waals surface area contributed by atoms with Gasteiger partial charge in [-0.1, -0.05) is 0 Å². The number of hydrogen-bond donors (Lipinski definition) is 1. The minimum absolute atomic E-state index is 0.274. The van der Waals surface area contributed by atoms with Crippen LogP contribution < -0.4 is 0 Å². The van der Waals surface area contributed by atoms with Gasteiger partial charge in [0.2, 0.25) is 0 Å². The molecule has 12 heavy (non-hydrogen) atoms. The molecule has 0 aliphatic heterocycles. The van der Waals surface area contributed by atoms with E-state index in [0.29, 0.717) is 4.47 Å². The number of halogens is 2. The maximum absolute atomic E-state index is 12.9. The number of phenols is 1. The monoisotopic (exact) mass is 232 g/mol. The van der Waals surface area contributed by atoms with Crippen molar-refractivity contribution in [2.24, 2.45) is 0 Å². The topological polar surface area (TPSA) is 37.3 Å². The third-order valence-corrected chi connectivity index (χ3v) is 2.07. The first kappa shape index (κ1) is 9.19. The fraction of sp³-hybridized carbons (Fsp3) is 0.125. The van der Waals surface area contributed by atoms with Crippen LogP contribution in [0.15, 0.2) is 16.6 Å². The summed E-state index contributed by atoms with van der Waals surface area (Å²) >= 11 is 2.98. The second-order valence-electron chi connectivity index (χ2n) is 2.31. The molecule has 0 aliphatic carbocycles. The van der Waals surface area contributed by atoms with Crippen LogP contribution in [0, 0.1) is 5.82 Å². The Balaban J connectivity index is 3.43. The fourth-order valence-electron chi connectivity index (χ4n) is 0.876. The summed E-state index contributed by atoms with van der Waals surface area (Å²) in [4.78, 5) is 10.8. The van der Waals surface area contributed by atoms with Gasteiger partial charge in [-0.05, 0) is 35.0 Å². The van der Waals surface area contributed by atoms with Crippen LogP contribution in [0.5, 0.6) is 5.75 Å². The van der Waals surface area contributed by atoms with Crippen molar-refractivity contribution < 1.29 is 14.3 Å². The molecule has 0 amide bonds. The number of rotatable bonds is 1. The molecule has 64 valence electrons. The highest BCUT2D eigenvalue weighted by atomic mass is 79.9. The smallest absolute Gasteiger partial charge is 0.166 e. The van der Waals surface area contributed by atoms with E-state index in [1.807, 2.05) is 0 Å². The van der Waals surface area contributed by atoms with Crippen molar-refractivity contribution in [3.8, 4) is 5.75 Å². The molecule has 1 rings (SSSR count). The standard InChI is InChI=1S/C8H6BrFO2/c1-4(11)7-6(10)3-2-5(9)8(7)12/h2-3,12H,1H3. The second-order valence-corrected chi connectivity index (χ2v) is 3.16. The van der Waals surface area contributed by atoms with Gasteiger partial charge in [-0.2, -0.15) is 0 Å². The Labute approximate surface area is 77.2 Å². The van der Waals surface area contributed by atoms with E-state index in [0.717, 1.165) is 6.07 Å². The van der Waals surface area contributed by atoms with Crippen LogP contribution in [-0.4, -0.2) is 10.9 Å². The zero-order chi connectivity index (χ0) is 9.30. The number of hydrogen-bond acceptors (Lipinski definition) is 2. The van der Waals surface area contributed by atoms with Crippen LogP contribution in [0.4, 0.5) is 4.39 Å². The molecule has 0 atom stereocenters. The van der Waals surface area contributed by atoms with E-state index in [1.54, 1.807) is 0 Å². The van der Waals surface area contributed by atoms with Gasteiger partial charge >= 0.3 is 0 Å². The van der Waals surface area contributed by atoms with Gasteiger partial charge in [0.1, 0.15) is 11.6 Å². The van der Waals surface area contributed by atoms with E-state index in [1.165, 1.54) is 13.0 Å². The first-order chi connectivity index (χ1) is 5.54. The molecule has 0 heterocycles. The van der Waals surface area contributed by atoms with E-state index in [2.05, 4.69) is 15.9 Å². The number of benzene rings is 1. The third kappa shape index (κ3) is 1.48. The van der Waals surface area contributed by atoms with Crippen LogP contribution in [-0.2, 0) is 0 Å². The van der Waals surface area contributed by atoms with E-state index in [-0.39, 0.29) is 11.3 Å².